The topological polar surface area (TPSA) is 47.0 Å². The maximum atomic E-state index is 5.26. The molecule has 4 rings (SSSR count). The van der Waals surface area contributed by atoms with E-state index in [0.717, 1.165) is 37.9 Å². The van der Waals surface area contributed by atoms with E-state index in [1.54, 1.807) is 24.6 Å². The summed E-state index contributed by atoms with van der Waals surface area (Å²) in [4.78, 5) is 8.90. The molecule has 2 aromatic heterocycles. The van der Waals surface area contributed by atoms with Crippen molar-refractivity contribution in [1.82, 2.24) is 9.97 Å². The van der Waals surface area contributed by atoms with Crippen molar-refractivity contribution in [1.29, 1.82) is 0 Å². The molecular weight excluding hydrogens is 330 g/mol. The number of hydrogen-bond donors (Lipinski definition) is 1. The predicted molar refractivity (Wildman–Crippen MR) is 104 cm³/mol. The normalized spacial score (nSPS) is 10.8. The van der Waals surface area contributed by atoms with Crippen LogP contribution in [0.15, 0.2) is 60.9 Å². The molecule has 2 aromatic carbocycles. The highest BCUT2D eigenvalue weighted by Crippen LogP contribution is 2.32. The fourth-order valence-electron chi connectivity index (χ4n) is 2.61. The van der Waals surface area contributed by atoms with E-state index >= 15 is 0 Å². The van der Waals surface area contributed by atoms with E-state index in [-0.39, 0.29) is 0 Å². The third kappa shape index (κ3) is 3.32. The minimum absolute atomic E-state index is 0.753. The lowest BCUT2D eigenvalue weighted by atomic mass is 10.1. The van der Waals surface area contributed by atoms with Crippen LogP contribution >= 0.6 is 11.3 Å². The summed E-state index contributed by atoms with van der Waals surface area (Å²) < 4.78 is 6.39. The highest BCUT2D eigenvalue weighted by atomic mass is 32.1. The van der Waals surface area contributed by atoms with Gasteiger partial charge in [0, 0.05) is 17.4 Å². The molecule has 5 heteroatoms. The van der Waals surface area contributed by atoms with E-state index in [0.29, 0.717) is 0 Å². The summed E-state index contributed by atoms with van der Waals surface area (Å²) in [5, 5.41) is 4.26. The van der Waals surface area contributed by atoms with E-state index < -0.39 is 0 Å². The number of benzene rings is 2. The van der Waals surface area contributed by atoms with Crippen LogP contribution < -0.4 is 10.1 Å². The number of aromatic nitrogens is 2. The molecule has 4 aromatic rings. The Balaban J connectivity index is 1.65. The summed E-state index contributed by atoms with van der Waals surface area (Å²) in [7, 11) is 1.65. The summed E-state index contributed by atoms with van der Waals surface area (Å²) in [5.41, 5.74) is 5.40. The van der Waals surface area contributed by atoms with E-state index in [1.165, 1.54) is 5.56 Å². The summed E-state index contributed by atoms with van der Waals surface area (Å²) >= 11 is 1.64. The average Bonchev–Trinajstić information content (AvgIpc) is 3.05. The summed E-state index contributed by atoms with van der Waals surface area (Å²) in [6.45, 7) is 2.08. The van der Waals surface area contributed by atoms with Crippen molar-refractivity contribution < 1.29 is 4.74 Å². The second-order valence-electron chi connectivity index (χ2n) is 5.81. The summed E-state index contributed by atoms with van der Waals surface area (Å²) in [5.74, 6) is 0.753. The monoisotopic (exact) mass is 347 g/mol. The van der Waals surface area contributed by atoms with Crippen LogP contribution in [0.25, 0.3) is 21.3 Å². The molecule has 0 saturated heterocycles. The first-order chi connectivity index (χ1) is 12.2. The minimum Gasteiger partial charge on any atom is -0.495 e. The Bertz CT molecular complexity index is 1020. The first-order valence-electron chi connectivity index (χ1n) is 7.95. The Morgan fingerprint density at radius 3 is 2.60 bits per heavy atom. The number of hydrogen-bond acceptors (Lipinski definition) is 5. The molecule has 0 saturated carbocycles. The lowest BCUT2D eigenvalue weighted by molar-refractivity contribution is 0.413. The van der Waals surface area contributed by atoms with Crippen LogP contribution in [0.3, 0.4) is 0 Å². The highest BCUT2D eigenvalue weighted by molar-refractivity contribution is 7.22. The van der Waals surface area contributed by atoms with Gasteiger partial charge in [0.05, 0.1) is 23.5 Å². The molecule has 0 fully saturated rings. The van der Waals surface area contributed by atoms with Crippen LogP contribution in [-0.4, -0.2) is 17.1 Å². The molecule has 0 aliphatic carbocycles. The van der Waals surface area contributed by atoms with Crippen molar-refractivity contribution in [2.45, 2.75) is 6.92 Å². The van der Waals surface area contributed by atoms with Crippen molar-refractivity contribution in [2.75, 3.05) is 12.4 Å². The van der Waals surface area contributed by atoms with Gasteiger partial charge in [-0.15, -0.1) is 0 Å². The van der Waals surface area contributed by atoms with Gasteiger partial charge in [0.2, 0.25) is 0 Å². The van der Waals surface area contributed by atoms with E-state index in [9.17, 15) is 0 Å². The number of methoxy groups -OCH3 is 1. The maximum absolute atomic E-state index is 5.26. The number of aryl methyl sites for hydroxylation is 1. The van der Waals surface area contributed by atoms with E-state index in [4.69, 9.17) is 4.74 Å². The third-order valence-corrected chi connectivity index (χ3v) is 4.91. The number of anilines is 2. The van der Waals surface area contributed by atoms with Gasteiger partial charge in [-0.2, -0.15) is 0 Å². The molecule has 0 aliphatic rings. The minimum atomic E-state index is 0.753. The molecular formula is C20H17N3OS. The van der Waals surface area contributed by atoms with Crippen molar-refractivity contribution in [2.24, 2.45) is 0 Å². The lowest BCUT2D eigenvalue weighted by Crippen LogP contribution is -1.88. The van der Waals surface area contributed by atoms with E-state index in [2.05, 4.69) is 58.6 Å². The second-order valence-corrected chi connectivity index (χ2v) is 6.84. The van der Waals surface area contributed by atoms with Gasteiger partial charge in [0.15, 0.2) is 5.13 Å². The molecule has 25 heavy (non-hydrogen) atoms. The van der Waals surface area contributed by atoms with Crippen molar-refractivity contribution in [3.63, 3.8) is 0 Å². The lowest BCUT2D eigenvalue weighted by Gasteiger charge is -2.03. The standard InChI is InChI=1S/C20H17N3OS/c1-13-3-6-16(7-4-13)22-20-23-18-8-5-14(10-19(18)25-20)15-9-17(24-2)12-21-11-15/h3-12H,1-2H3,(H,22,23). The third-order valence-electron chi connectivity index (χ3n) is 3.97. The highest BCUT2D eigenvalue weighted by Gasteiger charge is 2.07. The van der Waals surface area contributed by atoms with Crippen molar-refractivity contribution in [3.05, 3.63) is 66.5 Å². The van der Waals surface area contributed by atoms with Crippen molar-refractivity contribution >= 4 is 32.4 Å². The number of pyridine rings is 1. The zero-order valence-corrected chi connectivity index (χ0v) is 14.8. The number of nitrogens with zero attached hydrogens (tertiary/aromatic N) is 2. The first kappa shape index (κ1) is 15.6. The quantitative estimate of drug-likeness (QED) is 0.535. The van der Waals surface area contributed by atoms with Gasteiger partial charge in [-0.05, 0) is 42.8 Å². The molecule has 0 radical (unpaired) electrons. The largest absolute Gasteiger partial charge is 0.495 e. The summed E-state index contributed by atoms with van der Waals surface area (Å²) in [6, 6.07) is 16.5. The van der Waals surface area contributed by atoms with Crippen LogP contribution in [-0.2, 0) is 0 Å². The van der Waals surface area contributed by atoms with Gasteiger partial charge in [-0.3, -0.25) is 4.98 Å². The molecule has 0 unspecified atom stereocenters. The fraction of sp³-hybridized carbons (Fsp3) is 0.100. The van der Waals surface area contributed by atoms with Gasteiger partial charge in [0.25, 0.3) is 0 Å². The number of ether oxygens (including phenoxy) is 1. The Morgan fingerprint density at radius 1 is 0.960 bits per heavy atom. The molecule has 124 valence electrons. The Labute approximate surface area is 150 Å². The molecule has 0 amide bonds. The number of rotatable bonds is 4. The van der Waals surface area contributed by atoms with Crippen LogP contribution in [0, 0.1) is 6.92 Å². The number of fused-ring (bicyclic) bond motifs is 1. The van der Waals surface area contributed by atoms with Crippen LogP contribution in [0.2, 0.25) is 0 Å². The van der Waals surface area contributed by atoms with Gasteiger partial charge in [-0.1, -0.05) is 35.1 Å². The Kier molecular flexibility index (Phi) is 4.07. The van der Waals surface area contributed by atoms with Crippen molar-refractivity contribution in [3.8, 4) is 16.9 Å². The second kappa shape index (κ2) is 6.53. The van der Waals surface area contributed by atoms with Crippen LogP contribution in [0.4, 0.5) is 10.8 Å². The molecule has 2 heterocycles. The van der Waals surface area contributed by atoms with Gasteiger partial charge in [-0.25, -0.2) is 4.98 Å². The van der Waals surface area contributed by atoms with Gasteiger partial charge < -0.3 is 10.1 Å². The molecule has 1 N–H and O–H groups in total. The van der Waals surface area contributed by atoms with Gasteiger partial charge in [0.1, 0.15) is 5.75 Å². The SMILES string of the molecule is COc1cncc(-c2ccc3nc(Nc4ccc(C)cc4)sc3c2)c1. The Morgan fingerprint density at radius 2 is 1.80 bits per heavy atom. The number of thiazole rings is 1. The molecule has 0 atom stereocenters. The first-order valence-corrected chi connectivity index (χ1v) is 8.76. The zero-order chi connectivity index (χ0) is 17.2. The molecule has 0 spiro atoms. The average molecular weight is 347 g/mol. The molecule has 0 aliphatic heterocycles. The zero-order valence-electron chi connectivity index (χ0n) is 14.0. The van der Waals surface area contributed by atoms with Gasteiger partial charge >= 0.3 is 0 Å². The van der Waals surface area contributed by atoms with Crippen LogP contribution in [0.5, 0.6) is 5.75 Å². The predicted octanol–water partition coefficient (Wildman–Crippen LogP) is 5.42. The molecule has 4 nitrogen and oxygen atoms in total. The summed E-state index contributed by atoms with van der Waals surface area (Å²) in [6.07, 6.45) is 3.55. The van der Waals surface area contributed by atoms with Crippen LogP contribution in [0.1, 0.15) is 5.56 Å². The number of nitrogens with one attached hydrogen (secondary N) is 1. The molecule has 0 bridgehead atoms. The fourth-order valence-corrected chi connectivity index (χ4v) is 3.53. The smallest absolute Gasteiger partial charge is 0.188 e. The van der Waals surface area contributed by atoms with E-state index in [1.807, 2.05) is 18.3 Å². The maximum Gasteiger partial charge on any atom is 0.188 e. The Hall–Kier alpha value is -2.92.